The summed E-state index contributed by atoms with van der Waals surface area (Å²) in [5.41, 5.74) is 0. The zero-order chi connectivity index (χ0) is 12.2. The van der Waals surface area contributed by atoms with E-state index in [9.17, 15) is 21.6 Å². The van der Waals surface area contributed by atoms with E-state index in [1.165, 1.54) is 4.89 Å². The van der Waals surface area contributed by atoms with Gasteiger partial charge in [0.15, 0.2) is 6.61 Å². The molecule has 0 bridgehead atoms. The van der Waals surface area contributed by atoms with Gasteiger partial charge >= 0.3 is 6.18 Å². The van der Waals surface area contributed by atoms with E-state index >= 15 is 0 Å². The molecule has 1 aliphatic rings. The number of alkyl halides is 3. The van der Waals surface area contributed by atoms with E-state index in [2.05, 4.69) is 4.84 Å². The zero-order valence-corrected chi connectivity index (χ0v) is 9.10. The Morgan fingerprint density at radius 2 is 2.12 bits per heavy atom. The first-order valence-corrected chi connectivity index (χ1v) is 6.23. The van der Waals surface area contributed by atoms with Gasteiger partial charge in [0.05, 0.1) is 11.9 Å². The number of hydrogen-bond donors (Lipinski definition) is 1. The number of halogens is 3. The molecule has 1 heterocycles. The van der Waals surface area contributed by atoms with Crippen molar-refractivity contribution in [1.29, 1.82) is 0 Å². The second kappa shape index (κ2) is 5.30. The standard InChI is InChI=1S/C7H12F3NO4S/c8-7(9,10)5-15-11-16(12,13)4-6-2-1-3-14-6/h6,11H,1-5H2. The van der Waals surface area contributed by atoms with Crippen LogP contribution in [0.15, 0.2) is 0 Å². The average Bonchev–Trinajstić information content (AvgIpc) is 2.52. The van der Waals surface area contributed by atoms with Crippen LogP contribution in [0, 0.1) is 0 Å². The Labute approximate surface area is 90.9 Å². The lowest BCUT2D eigenvalue weighted by Gasteiger charge is -2.12. The van der Waals surface area contributed by atoms with Gasteiger partial charge in [0.1, 0.15) is 0 Å². The fourth-order valence-electron chi connectivity index (χ4n) is 1.26. The van der Waals surface area contributed by atoms with E-state index in [0.29, 0.717) is 13.0 Å². The van der Waals surface area contributed by atoms with Crippen LogP contribution in [-0.2, 0) is 19.6 Å². The van der Waals surface area contributed by atoms with Crippen molar-refractivity contribution in [1.82, 2.24) is 4.89 Å². The van der Waals surface area contributed by atoms with Crippen LogP contribution in [0.2, 0.25) is 0 Å². The topological polar surface area (TPSA) is 64.6 Å². The predicted molar refractivity (Wildman–Crippen MR) is 47.9 cm³/mol. The van der Waals surface area contributed by atoms with E-state index < -0.39 is 28.9 Å². The third-order valence-electron chi connectivity index (χ3n) is 1.85. The number of rotatable bonds is 5. The highest BCUT2D eigenvalue weighted by atomic mass is 32.2. The average molecular weight is 263 g/mol. The third kappa shape index (κ3) is 5.64. The molecule has 1 rings (SSSR count). The maximum atomic E-state index is 11.7. The van der Waals surface area contributed by atoms with Gasteiger partial charge in [0, 0.05) is 6.61 Å². The summed E-state index contributed by atoms with van der Waals surface area (Å²) < 4.78 is 62.4. The quantitative estimate of drug-likeness (QED) is 0.737. The van der Waals surface area contributed by atoms with Gasteiger partial charge in [-0.3, -0.25) is 4.84 Å². The van der Waals surface area contributed by atoms with Gasteiger partial charge in [-0.1, -0.05) is 4.89 Å². The Balaban J connectivity index is 2.28. The Kier molecular flexibility index (Phi) is 4.53. The molecule has 1 atom stereocenters. The number of sulfonamides is 1. The summed E-state index contributed by atoms with van der Waals surface area (Å²) in [6.45, 7) is -1.18. The van der Waals surface area contributed by atoms with Crippen molar-refractivity contribution in [3.63, 3.8) is 0 Å². The second-order valence-corrected chi connectivity index (χ2v) is 5.13. The highest BCUT2D eigenvalue weighted by Crippen LogP contribution is 2.15. The minimum atomic E-state index is -4.56. The minimum absolute atomic E-state index is 0.384. The molecule has 0 aromatic heterocycles. The molecule has 1 N–H and O–H groups in total. The Morgan fingerprint density at radius 1 is 1.44 bits per heavy atom. The largest absolute Gasteiger partial charge is 0.413 e. The van der Waals surface area contributed by atoms with Gasteiger partial charge in [-0.05, 0) is 12.8 Å². The van der Waals surface area contributed by atoms with Crippen LogP contribution >= 0.6 is 0 Å². The van der Waals surface area contributed by atoms with Crippen molar-refractivity contribution in [2.45, 2.75) is 25.1 Å². The molecule has 0 saturated carbocycles. The first kappa shape index (κ1) is 13.7. The maximum absolute atomic E-state index is 11.7. The van der Waals surface area contributed by atoms with Crippen molar-refractivity contribution in [3.8, 4) is 0 Å². The molecular formula is C7H12F3NO4S. The molecular weight excluding hydrogens is 251 g/mol. The lowest BCUT2D eigenvalue weighted by molar-refractivity contribution is -0.181. The molecule has 0 aromatic carbocycles. The van der Waals surface area contributed by atoms with E-state index in [0.717, 1.165) is 6.42 Å². The summed E-state index contributed by atoms with van der Waals surface area (Å²) in [5, 5.41) is 0. The fraction of sp³-hybridized carbons (Fsp3) is 1.00. The predicted octanol–water partition coefficient (Wildman–Crippen LogP) is 0.579. The third-order valence-corrected chi connectivity index (χ3v) is 3.03. The molecule has 5 nitrogen and oxygen atoms in total. The second-order valence-electron chi connectivity index (χ2n) is 3.40. The van der Waals surface area contributed by atoms with Crippen LogP contribution in [0.3, 0.4) is 0 Å². The van der Waals surface area contributed by atoms with Crippen LogP contribution in [0.1, 0.15) is 12.8 Å². The first-order chi connectivity index (χ1) is 7.29. The molecule has 96 valence electrons. The number of hydrogen-bond acceptors (Lipinski definition) is 4. The normalized spacial score (nSPS) is 22.6. The van der Waals surface area contributed by atoms with Gasteiger partial charge in [-0.25, -0.2) is 8.42 Å². The van der Waals surface area contributed by atoms with Crippen LogP contribution in [0.5, 0.6) is 0 Å². The molecule has 0 aromatic rings. The van der Waals surface area contributed by atoms with E-state index in [-0.39, 0.29) is 5.75 Å². The van der Waals surface area contributed by atoms with Gasteiger partial charge in [-0.2, -0.15) is 13.2 Å². The molecule has 0 aliphatic carbocycles. The SMILES string of the molecule is O=S(=O)(CC1CCCO1)NOCC(F)(F)F. The van der Waals surface area contributed by atoms with E-state index in [4.69, 9.17) is 4.74 Å². The van der Waals surface area contributed by atoms with Crippen LogP contribution in [0.25, 0.3) is 0 Å². The monoisotopic (exact) mass is 263 g/mol. The molecule has 16 heavy (non-hydrogen) atoms. The van der Waals surface area contributed by atoms with Crippen LogP contribution in [-0.4, -0.2) is 39.7 Å². The van der Waals surface area contributed by atoms with Gasteiger partial charge in [-0.15, -0.1) is 0 Å². The van der Waals surface area contributed by atoms with Crippen molar-refractivity contribution >= 4 is 10.0 Å². The van der Waals surface area contributed by atoms with Gasteiger partial charge < -0.3 is 4.74 Å². The fourth-order valence-corrected chi connectivity index (χ4v) is 2.31. The summed E-state index contributed by atoms with van der Waals surface area (Å²) in [6, 6.07) is 0. The molecule has 0 spiro atoms. The van der Waals surface area contributed by atoms with Crippen LogP contribution < -0.4 is 4.89 Å². The summed E-state index contributed by atoms with van der Waals surface area (Å²) in [6.07, 6.45) is -3.69. The van der Waals surface area contributed by atoms with Crippen molar-refractivity contribution < 1.29 is 31.2 Å². The van der Waals surface area contributed by atoms with Crippen molar-refractivity contribution in [2.24, 2.45) is 0 Å². The Morgan fingerprint density at radius 3 is 2.62 bits per heavy atom. The molecule has 1 fully saturated rings. The Bertz CT molecular complexity index is 310. The van der Waals surface area contributed by atoms with E-state index in [1.54, 1.807) is 0 Å². The molecule has 9 heteroatoms. The number of nitrogens with one attached hydrogen (secondary N) is 1. The smallest absolute Gasteiger partial charge is 0.377 e. The van der Waals surface area contributed by atoms with Gasteiger partial charge in [0.2, 0.25) is 10.0 Å². The van der Waals surface area contributed by atoms with Crippen molar-refractivity contribution in [3.05, 3.63) is 0 Å². The highest BCUT2D eigenvalue weighted by molar-refractivity contribution is 7.89. The summed E-state index contributed by atoms with van der Waals surface area (Å²) in [5.74, 6) is -0.384. The first-order valence-electron chi connectivity index (χ1n) is 4.58. The molecule has 1 saturated heterocycles. The van der Waals surface area contributed by atoms with Gasteiger partial charge in [0.25, 0.3) is 0 Å². The molecule has 0 amide bonds. The zero-order valence-electron chi connectivity index (χ0n) is 8.29. The Hall–Kier alpha value is -0.380. The molecule has 0 radical (unpaired) electrons. The number of ether oxygens (including phenoxy) is 1. The maximum Gasteiger partial charge on any atom is 0.413 e. The summed E-state index contributed by atoms with van der Waals surface area (Å²) in [4.78, 5) is 5.27. The van der Waals surface area contributed by atoms with Crippen molar-refractivity contribution in [2.75, 3.05) is 19.0 Å². The molecule has 1 unspecified atom stereocenters. The molecule has 1 aliphatic heterocycles. The minimum Gasteiger partial charge on any atom is -0.377 e. The lowest BCUT2D eigenvalue weighted by Crippen LogP contribution is -2.34. The highest BCUT2D eigenvalue weighted by Gasteiger charge is 2.29. The summed E-state index contributed by atoms with van der Waals surface area (Å²) in [7, 11) is -3.88. The summed E-state index contributed by atoms with van der Waals surface area (Å²) >= 11 is 0. The van der Waals surface area contributed by atoms with Crippen LogP contribution in [0.4, 0.5) is 13.2 Å². The van der Waals surface area contributed by atoms with E-state index in [1.807, 2.05) is 0 Å². The lowest BCUT2D eigenvalue weighted by atomic mass is 10.3.